The highest BCUT2D eigenvalue weighted by Crippen LogP contribution is 2.20. The van der Waals surface area contributed by atoms with Gasteiger partial charge in [-0.1, -0.05) is 12.1 Å². The summed E-state index contributed by atoms with van der Waals surface area (Å²) >= 11 is 0. The van der Waals surface area contributed by atoms with E-state index in [9.17, 15) is 13.2 Å². The molecule has 1 aromatic carbocycles. The fourth-order valence-corrected chi connectivity index (χ4v) is 2.38. The monoisotopic (exact) mass is 270 g/mol. The van der Waals surface area contributed by atoms with Crippen LogP contribution >= 0.6 is 0 Å². The van der Waals surface area contributed by atoms with Gasteiger partial charge >= 0.3 is 0 Å². The molecule has 0 spiro atoms. The molecule has 0 heterocycles. The molecule has 0 aromatic heterocycles. The number of hydrogen-bond donors (Lipinski definition) is 2. The summed E-state index contributed by atoms with van der Waals surface area (Å²) in [6.45, 7) is 0.549. The molecule has 0 bridgehead atoms. The Hall–Kier alpha value is -1.40. The van der Waals surface area contributed by atoms with Gasteiger partial charge in [0.1, 0.15) is 0 Å². The molecule has 0 radical (unpaired) electrons. The van der Waals surface area contributed by atoms with E-state index < -0.39 is 9.84 Å². The summed E-state index contributed by atoms with van der Waals surface area (Å²) in [4.78, 5) is 11.8. The number of rotatable bonds is 6. The Labute approximate surface area is 107 Å². The van der Waals surface area contributed by atoms with Crippen LogP contribution < -0.4 is 11.1 Å². The summed E-state index contributed by atoms with van der Waals surface area (Å²) in [6, 6.07) is 6.37. The third kappa shape index (κ3) is 4.46. The number of unbranched alkanes of at least 4 members (excludes halogenated alkanes) is 1. The van der Waals surface area contributed by atoms with Gasteiger partial charge in [-0.15, -0.1) is 0 Å². The lowest BCUT2D eigenvalue weighted by Gasteiger charge is -2.09. The first-order chi connectivity index (χ1) is 8.45. The van der Waals surface area contributed by atoms with E-state index in [0.717, 1.165) is 12.7 Å². The fourth-order valence-electron chi connectivity index (χ4n) is 1.54. The van der Waals surface area contributed by atoms with Crippen LogP contribution in [0.3, 0.4) is 0 Å². The summed E-state index contributed by atoms with van der Waals surface area (Å²) in [6.07, 6.45) is 2.94. The van der Waals surface area contributed by atoms with E-state index >= 15 is 0 Å². The molecule has 0 saturated heterocycles. The maximum absolute atomic E-state index is 11.6. The lowest BCUT2D eigenvalue weighted by atomic mass is 10.2. The van der Waals surface area contributed by atoms with Gasteiger partial charge in [0, 0.05) is 12.7 Å². The zero-order valence-corrected chi connectivity index (χ0v) is 11.2. The molecule has 6 heteroatoms. The molecule has 18 heavy (non-hydrogen) atoms. The predicted molar refractivity (Wildman–Crippen MR) is 71.1 cm³/mol. The molecule has 0 aliphatic heterocycles. The summed E-state index contributed by atoms with van der Waals surface area (Å²) in [5.74, 6) is -0.195. The number of hydrogen-bond acceptors (Lipinski definition) is 4. The minimum absolute atomic E-state index is 0.136. The van der Waals surface area contributed by atoms with Crippen LogP contribution in [-0.4, -0.2) is 27.1 Å². The van der Waals surface area contributed by atoms with E-state index in [0.29, 0.717) is 25.1 Å². The fraction of sp³-hybridized carbons (Fsp3) is 0.417. The molecule has 1 amide bonds. The van der Waals surface area contributed by atoms with Gasteiger partial charge in [0.25, 0.3) is 0 Å². The Morgan fingerprint density at radius 3 is 2.56 bits per heavy atom. The quantitative estimate of drug-likeness (QED) is 0.759. The van der Waals surface area contributed by atoms with Crippen molar-refractivity contribution in [2.24, 2.45) is 5.73 Å². The smallest absolute Gasteiger partial charge is 0.224 e. The van der Waals surface area contributed by atoms with Gasteiger partial charge < -0.3 is 11.1 Å². The van der Waals surface area contributed by atoms with Crippen LogP contribution in [0.4, 0.5) is 5.69 Å². The molecule has 1 rings (SSSR count). The van der Waals surface area contributed by atoms with Crippen LogP contribution in [0.1, 0.15) is 19.3 Å². The van der Waals surface area contributed by atoms with Gasteiger partial charge in [-0.2, -0.15) is 0 Å². The van der Waals surface area contributed by atoms with Crippen molar-refractivity contribution in [3.8, 4) is 0 Å². The Balaban J connectivity index is 2.76. The van der Waals surface area contributed by atoms with Gasteiger partial charge in [0.05, 0.1) is 10.6 Å². The van der Waals surface area contributed by atoms with Gasteiger partial charge in [-0.3, -0.25) is 4.79 Å². The number of nitrogens with two attached hydrogens (primary N) is 1. The Morgan fingerprint density at radius 1 is 1.28 bits per heavy atom. The standard InChI is InChI=1S/C12H18N2O3S/c1-18(16,17)11-7-3-2-6-10(11)14-12(15)8-4-5-9-13/h2-3,6-7H,4-5,8-9,13H2,1H3,(H,14,15). The third-order valence-corrected chi connectivity index (χ3v) is 3.57. The molecule has 100 valence electrons. The normalized spacial score (nSPS) is 11.2. The van der Waals surface area contributed by atoms with Crippen molar-refractivity contribution in [2.45, 2.75) is 24.2 Å². The Morgan fingerprint density at radius 2 is 1.94 bits per heavy atom. The lowest BCUT2D eigenvalue weighted by molar-refractivity contribution is -0.116. The first-order valence-corrected chi connectivity index (χ1v) is 7.63. The number of para-hydroxylation sites is 1. The zero-order valence-electron chi connectivity index (χ0n) is 10.3. The average molecular weight is 270 g/mol. The molecule has 0 unspecified atom stereocenters. The minimum Gasteiger partial charge on any atom is -0.330 e. The maximum Gasteiger partial charge on any atom is 0.224 e. The molecule has 0 saturated carbocycles. The number of carbonyl (C=O) groups excluding carboxylic acids is 1. The van der Waals surface area contributed by atoms with E-state index in [2.05, 4.69) is 5.32 Å². The van der Waals surface area contributed by atoms with Gasteiger partial charge in [-0.25, -0.2) is 8.42 Å². The highest BCUT2D eigenvalue weighted by atomic mass is 32.2. The van der Waals surface area contributed by atoms with Crippen molar-refractivity contribution >= 4 is 21.4 Å². The number of nitrogens with one attached hydrogen (secondary N) is 1. The number of carbonyl (C=O) groups is 1. The van der Waals surface area contributed by atoms with Gasteiger partial charge in [-0.05, 0) is 31.5 Å². The van der Waals surface area contributed by atoms with Crippen molar-refractivity contribution in [2.75, 3.05) is 18.1 Å². The van der Waals surface area contributed by atoms with E-state index in [4.69, 9.17) is 5.73 Å². The number of amides is 1. The van der Waals surface area contributed by atoms with Crippen molar-refractivity contribution < 1.29 is 13.2 Å². The second-order valence-electron chi connectivity index (χ2n) is 4.06. The first kappa shape index (κ1) is 14.7. The van der Waals surface area contributed by atoms with Crippen molar-refractivity contribution in [3.05, 3.63) is 24.3 Å². The first-order valence-electron chi connectivity index (χ1n) is 5.74. The van der Waals surface area contributed by atoms with Crippen LogP contribution in [0.5, 0.6) is 0 Å². The highest BCUT2D eigenvalue weighted by Gasteiger charge is 2.13. The third-order valence-electron chi connectivity index (χ3n) is 2.42. The topological polar surface area (TPSA) is 89.3 Å². The van der Waals surface area contributed by atoms with E-state index in [1.54, 1.807) is 18.2 Å². The second-order valence-corrected chi connectivity index (χ2v) is 6.05. The molecule has 3 N–H and O–H groups in total. The summed E-state index contributed by atoms with van der Waals surface area (Å²) in [5, 5.41) is 2.62. The molecular weight excluding hydrogens is 252 g/mol. The van der Waals surface area contributed by atoms with Crippen molar-refractivity contribution in [1.29, 1.82) is 0 Å². The zero-order chi connectivity index (χ0) is 13.6. The Bertz CT molecular complexity index is 512. The van der Waals surface area contributed by atoms with E-state index in [1.165, 1.54) is 6.07 Å². The molecule has 1 aromatic rings. The van der Waals surface area contributed by atoms with E-state index in [-0.39, 0.29) is 10.8 Å². The molecule has 5 nitrogen and oxygen atoms in total. The molecule has 0 fully saturated rings. The SMILES string of the molecule is CS(=O)(=O)c1ccccc1NC(=O)CCCCN. The molecule has 0 atom stereocenters. The van der Waals surface area contributed by atoms with Crippen LogP contribution in [-0.2, 0) is 14.6 Å². The van der Waals surface area contributed by atoms with Gasteiger partial charge in [0.15, 0.2) is 9.84 Å². The highest BCUT2D eigenvalue weighted by molar-refractivity contribution is 7.90. The maximum atomic E-state index is 11.6. The Kier molecular flexibility index (Phi) is 5.30. The van der Waals surface area contributed by atoms with Crippen molar-refractivity contribution in [1.82, 2.24) is 0 Å². The number of sulfone groups is 1. The summed E-state index contributed by atoms with van der Waals surface area (Å²) in [7, 11) is -3.34. The lowest BCUT2D eigenvalue weighted by Crippen LogP contribution is -2.14. The molecular formula is C12H18N2O3S. The largest absolute Gasteiger partial charge is 0.330 e. The average Bonchev–Trinajstić information content (AvgIpc) is 2.28. The number of benzene rings is 1. The number of anilines is 1. The second kappa shape index (κ2) is 6.51. The molecule has 0 aliphatic carbocycles. The summed E-state index contributed by atoms with van der Waals surface area (Å²) in [5.41, 5.74) is 5.67. The van der Waals surface area contributed by atoms with Crippen LogP contribution in [0, 0.1) is 0 Å². The van der Waals surface area contributed by atoms with Crippen LogP contribution in [0.25, 0.3) is 0 Å². The predicted octanol–water partition coefficient (Wildman–Crippen LogP) is 1.16. The minimum atomic E-state index is -3.34. The van der Waals surface area contributed by atoms with Crippen LogP contribution in [0.2, 0.25) is 0 Å². The molecule has 0 aliphatic rings. The summed E-state index contributed by atoms with van der Waals surface area (Å²) < 4.78 is 23.1. The van der Waals surface area contributed by atoms with Crippen LogP contribution in [0.15, 0.2) is 29.2 Å². The van der Waals surface area contributed by atoms with E-state index in [1.807, 2.05) is 0 Å². The van der Waals surface area contributed by atoms with Crippen molar-refractivity contribution in [3.63, 3.8) is 0 Å². The van der Waals surface area contributed by atoms with Gasteiger partial charge in [0.2, 0.25) is 5.91 Å².